The van der Waals surface area contributed by atoms with Gasteiger partial charge < -0.3 is 4.42 Å². The topological polar surface area (TPSA) is 83.7 Å². The number of rotatable bonds is 7. The fraction of sp³-hybridized carbons (Fsp3) is 0.217. The van der Waals surface area contributed by atoms with Gasteiger partial charge in [-0.25, -0.2) is 13.4 Å². The Hall–Kier alpha value is -3.01. The summed E-state index contributed by atoms with van der Waals surface area (Å²) in [6.07, 6.45) is 1.56. The summed E-state index contributed by atoms with van der Waals surface area (Å²) in [5, 5.41) is 0.545. The predicted octanol–water partition coefficient (Wildman–Crippen LogP) is 4.77. The molecule has 0 aliphatic rings. The van der Waals surface area contributed by atoms with Crippen molar-refractivity contribution in [3.05, 3.63) is 78.3 Å². The molecule has 4 rings (SSSR count). The number of hydrogen-bond donors (Lipinski definition) is 0. The molecule has 0 saturated heterocycles. The zero-order valence-corrected chi connectivity index (χ0v) is 19.6. The zero-order chi connectivity index (χ0) is 22.9. The number of aromatic nitrogens is 1. The number of benzene rings is 2. The molecule has 0 bridgehead atoms. The van der Waals surface area contributed by atoms with Gasteiger partial charge in [0.05, 0.1) is 27.9 Å². The molecule has 0 N–H and O–H groups in total. The molecule has 166 valence electrons. The lowest BCUT2D eigenvalue weighted by molar-refractivity contribution is 0.0983. The van der Waals surface area contributed by atoms with E-state index in [0.29, 0.717) is 16.5 Å². The largest absolute Gasteiger partial charge is 0.467 e. The van der Waals surface area contributed by atoms with Crippen molar-refractivity contribution >= 4 is 42.6 Å². The van der Waals surface area contributed by atoms with Crippen LogP contribution in [0.25, 0.3) is 10.2 Å². The molecular weight excluding hydrogens is 446 g/mol. The molecule has 2 heterocycles. The lowest BCUT2D eigenvalue weighted by Crippen LogP contribution is -2.33. The molecule has 4 aromatic rings. The first-order valence-corrected chi connectivity index (χ1v) is 12.3. The number of fused-ring (bicyclic) bond motifs is 1. The number of para-hydroxylation sites is 1. The first-order valence-electron chi connectivity index (χ1n) is 10.1. The minimum absolute atomic E-state index is 0.142. The van der Waals surface area contributed by atoms with Gasteiger partial charge >= 0.3 is 0 Å². The van der Waals surface area contributed by atoms with Crippen molar-refractivity contribution in [1.82, 2.24) is 9.29 Å². The van der Waals surface area contributed by atoms with Crippen molar-refractivity contribution in [2.45, 2.75) is 31.3 Å². The van der Waals surface area contributed by atoms with Crippen LogP contribution in [0.3, 0.4) is 0 Å². The highest BCUT2D eigenvalue weighted by atomic mass is 32.2. The third-order valence-corrected chi connectivity index (χ3v) is 8.27. The normalized spacial score (nSPS) is 12.0. The second-order valence-corrected chi connectivity index (χ2v) is 10.6. The number of amides is 1. The number of sulfonamides is 1. The lowest BCUT2D eigenvalue weighted by Gasteiger charge is -2.21. The maximum atomic E-state index is 13.4. The third kappa shape index (κ3) is 4.32. The van der Waals surface area contributed by atoms with Gasteiger partial charge in [0.25, 0.3) is 5.91 Å². The molecule has 0 atom stereocenters. The van der Waals surface area contributed by atoms with Crippen LogP contribution in [-0.2, 0) is 16.6 Å². The highest BCUT2D eigenvalue weighted by Gasteiger charge is 2.26. The van der Waals surface area contributed by atoms with Crippen molar-refractivity contribution in [3.8, 4) is 0 Å². The fourth-order valence-corrected chi connectivity index (χ4v) is 5.46. The highest BCUT2D eigenvalue weighted by molar-refractivity contribution is 7.89. The van der Waals surface area contributed by atoms with E-state index in [9.17, 15) is 13.2 Å². The molecule has 9 heteroatoms. The molecule has 0 aliphatic heterocycles. The minimum Gasteiger partial charge on any atom is -0.467 e. The maximum Gasteiger partial charge on any atom is 0.260 e. The Bertz CT molecular complexity index is 1290. The zero-order valence-electron chi connectivity index (χ0n) is 17.9. The van der Waals surface area contributed by atoms with E-state index in [-0.39, 0.29) is 23.4 Å². The summed E-state index contributed by atoms with van der Waals surface area (Å²) < 4.78 is 33.2. The molecular formula is C23H23N3O4S2. The summed E-state index contributed by atoms with van der Waals surface area (Å²) in [4.78, 5) is 19.8. The van der Waals surface area contributed by atoms with Gasteiger partial charge in [-0.2, -0.15) is 4.31 Å². The number of hydrogen-bond acceptors (Lipinski definition) is 6. The molecule has 0 unspecified atom stereocenters. The summed E-state index contributed by atoms with van der Waals surface area (Å²) in [7, 11) is -2.09. The lowest BCUT2D eigenvalue weighted by atomic mass is 10.2. The van der Waals surface area contributed by atoms with E-state index in [1.54, 1.807) is 37.1 Å². The first-order chi connectivity index (χ1) is 15.3. The Kier molecular flexibility index (Phi) is 6.14. The number of carbonyl (C=O) groups is 1. The highest BCUT2D eigenvalue weighted by Crippen LogP contribution is 2.31. The van der Waals surface area contributed by atoms with Crippen molar-refractivity contribution in [2.24, 2.45) is 0 Å². The number of anilines is 1. The second kappa shape index (κ2) is 8.85. The third-order valence-electron chi connectivity index (χ3n) is 5.16. The number of carbonyl (C=O) groups excluding carboxylic acids is 1. The van der Waals surface area contributed by atoms with E-state index >= 15 is 0 Å². The SMILES string of the molecule is CC(C)N(C)S(=O)(=O)c1ccc(C(=O)N(Cc2ccco2)c2nc3ccccc3s2)cc1. The monoisotopic (exact) mass is 469 g/mol. The summed E-state index contributed by atoms with van der Waals surface area (Å²) in [6.45, 7) is 3.82. The smallest absolute Gasteiger partial charge is 0.260 e. The van der Waals surface area contributed by atoms with Gasteiger partial charge in [0, 0.05) is 18.7 Å². The van der Waals surface area contributed by atoms with Crippen LogP contribution < -0.4 is 4.90 Å². The number of furan rings is 1. The van der Waals surface area contributed by atoms with Crippen LogP contribution in [0.1, 0.15) is 30.0 Å². The summed E-state index contributed by atoms with van der Waals surface area (Å²) in [5.74, 6) is 0.331. The summed E-state index contributed by atoms with van der Waals surface area (Å²) in [6, 6.07) is 17.1. The Morgan fingerprint density at radius 1 is 1.06 bits per heavy atom. The van der Waals surface area contributed by atoms with Crippen molar-refractivity contribution in [2.75, 3.05) is 11.9 Å². The molecule has 0 aliphatic carbocycles. The second-order valence-electron chi connectivity index (χ2n) is 7.57. The van der Waals surface area contributed by atoms with Gasteiger partial charge in [-0.05, 0) is 62.4 Å². The maximum absolute atomic E-state index is 13.4. The van der Waals surface area contributed by atoms with Gasteiger partial charge in [-0.1, -0.05) is 23.5 Å². The Morgan fingerprint density at radius 2 is 1.78 bits per heavy atom. The number of thiazole rings is 1. The van der Waals surface area contributed by atoms with Crippen LogP contribution in [0.2, 0.25) is 0 Å². The molecule has 7 nitrogen and oxygen atoms in total. The van der Waals surface area contributed by atoms with Crippen molar-refractivity contribution in [3.63, 3.8) is 0 Å². The van der Waals surface area contributed by atoms with E-state index in [1.807, 2.05) is 24.3 Å². The molecule has 0 radical (unpaired) electrons. The van der Waals surface area contributed by atoms with Gasteiger partial charge in [-0.15, -0.1) is 0 Å². The van der Waals surface area contributed by atoms with Crippen LogP contribution in [0.4, 0.5) is 5.13 Å². The van der Waals surface area contributed by atoms with Gasteiger partial charge in [-0.3, -0.25) is 9.69 Å². The van der Waals surface area contributed by atoms with E-state index in [1.165, 1.54) is 47.0 Å². The average Bonchev–Trinajstić information content (AvgIpc) is 3.46. The van der Waals surface area contributed by atoms with Crippen molar-refractivity contribution in [1.29, 1.82) is 0 Å². The average molecular weight is 470 g/mol. The van der Waals surface area contributed by atoms with Gasteiger partial charge in [0.15, 0.2) is 5.13 Å². The quantitative estimate of drug-likeness (QED) is 0.389. The summed E-state index contributed by atoms with van der Waals surface area (Å²) in [5.41, 5.74) is 1.17. The van der Waals surface area contributed by atoms with Crippen LogP contribution in [0.5, 0.6) is 0 Å². The fourth-order valence-electron chi connectivity index (χ4n) is 3.13. The molecule has 32 heavy (non-hydrogen) atoms. The Morgan fingerprint density at radius 3 is 2.41 bits per heavy atom. The van der Waals surface area contributed by atoms with Gasteiger partial charge in [0.1, 0.15) is 5.76 Å². The minimum atomic E-state index is -3.63. The number of nitrogens with zero attached hydrogens (tertiary/aromatic N) is 3. The van der Waals surface area contributed by atoms with Gasteiger partial charge in [0.2, 0.25) is 10.0 Å². The Labute approximate surface area is 191 Å². The van der Waals surface area contributed by atoms with Crippen LogP contribution >= 0.6 is 11.3 Å². The molecule has 2 aromatic carbocycles. The first kappa shape index (κ1) is 22.2. The molecule has 0 fully saturated rings. The van der Waals surface area contributed by atoms with E-state index in [0.717, 1.165) is 10.2 Å². The molecule has 1 amide bonds. The van der Waals surface area contributed by atoms with E-state index < -0.39 is 10.0 Å². The molecule has 0 saturated carbocycles. The Balaban J connectivity index is 1.68. The predicted molar refractivity (Wildman–Crippen MR) is 125 cm³/mol. The van der Waals surface area contributed by atoms with Crippen molar-refractivity contribution < 1.29 is 17.6 Å². The molecule has 2 aromatic heterocycles. The summed E-state index contributed by atoms with van der Waals surface area (Å²) >= 11 is 1.41. The van der Waals surface area contributed by atoms with Crippen LogP contribution in [-0.4, -0.2) is 36.7 Å². The van der Waals surface area contributed by atoms with Crippen LogP contribution in [0.15, 0.2) is 76.2 Å². The molecule has 0 spiro atoms. The van der Waals surface area contributed by atoms with Crippen LogP contribution in [0, 0.1) is 0 Å². The standard InChI is InChI=1S/C23H23N3O4S2/c1-16(2)25(3)32(28,29)19-12-10-17(11-13-19)22(27)26(15-18-7-6-14-30-18)23-24-20-8-4-5-9-21(20)31-23/h4-14,16H,15H2,1-3H3. The van der Waals surface area contributed by atoms with E-state index in [4.69, 9.17) is 4.42 Å². The van der Waals surface area contributed by atoms with E-state index in [2.05, 4.69) is 4.98 Å².